The second-order valence-corrected chi connectivity index (χ2v) is 4.65. The zero-order valence-electron chi connectivity index (χ0n) is 10.8. The van der Waals surface area contributed by atoms with Gasteiger partial charge in [-0.05, 0) is 31.6 Å². The normalized spacial score (nSPS) is 13.5. The van der Waals surface area contributed by atoms with Crippen LogP contribution in [0.3, 0.4) is 0 Å². The molecular formula is C14H21N3. The van der Waals surface area contributed by atoms with Gasteiger partial charge in [0.15, 0.2) is 0 Å². The summed E-state index contributed by atoms with van der Waals surface area (Å²) in [4.78, 5) is 5.56. The summed E-state index contributed by atoms with van der Waals surface area (Å²) in [7, 11) is 4.14. The highest BCUT2D eigenvalue weighted by atomic mass is 15.1. The Hall–Kier alpha value is -1.32. The summed E-state index contributed by atoms with van der Waals surface area (Å²) < 4.78 is 0. The van der Waals surface area contributed by atoms with Gasteiger partial charge in [-0.1, -0.05) is 25.1 Å². The molecule has 0 bridgehead atoms. The van der Waals surface area contributed by atoms with Crippen LogP contribution >= 0.6 is 0 Å². The van der Waals surface area contributed by atoms with Crippen molar-refractivity contribution in [2.75, 3.05) is 20.6 Å². The fourth-order valence-electron chi connectivity index (χ4n) is 2.43. The number of nitrogens with zero attached hydrogens (tertiary/aromatic N) is 1. The molecule has 0 aliphatic heterocycles. The van der Waals surface area contributed by atoms with Gasteiger partial charge >= 0.3 is 0 Å². The molecule has 17 heavy (non-hydrogen) atoms. The van der Waals surface area contributed by atoms with Gasteiger partial charge in [0.1, 0.15) is 0 Å². The Bertz CT molecular complexity index is 499. The van der Waals surface area contributed by atoms with Crippen molar-refractivity contribution in [1.82, 2.24) is 9.88 Å². The van der Waals surface area contributed by atoms with E-state index in [0.717, 1.165) is 6.42 Å². The third-order valence-electron chi connectivity index (χ3n) is 3.42. The van der Waals surface area contributed by atoms with E-state index in [-0.39, 0.29) is 6.04 Å². The molecule has 92 valence electrons. The van der Waals surface area contributed by atoms with Crippen LogP contribution in [0.1, 0.15) is 24.1 Å². The molecule has 3 nitrogen and oxygen atoms in total. The second kappa shape index (κ2) is 4.90. The van der Waals surface area contributed by atoms with E-state index in [1.54, 1.807) is 0 Å². The molecule has 0 saturated carbocycles. The van der Waals surface area contributed by atoms with Crippen molar-refractivity contribution in [1.29, 1.82) is 0 Å². The number of nitrogens with two attached hydrogens (primary N) is 1. The predicted molar refractivity (Wildman–Crippen MR) is 73.2 cm³/mol. The van der Waals surface area contributed by atoms with E-state index in [1.807, 2.05) is 0 Å². The number of benzene rings is 1. The van der Waals surface area contributed by atoms with Crippen molar-refractivity contribution in [3.8, 4) is 0 Å². The SMILES string of the molecule is CCc1cccc2c(C(CN)N(C)C)c[nH]c12. The molecule has 0 fully saturated rings. The van der Waals surface area contributed by atoms with Crippen LogP contribution in [-0.4, -0.2) is 30.5 Å². The molecule has 0 saturated heterocycles. The lowest BCUT2D eigenvalue weighted by Crippen LogP contribution is -2.26. The number of nitrogens with one attached hydrogen (secondary N) is 1. The highest BCUT2D eigenvalue weighted by Crippen LogP contribution is 2.28. The molecular weight excluding hydrogens is 210 g/mol. The smallest absolute Gasteiger partial charge is 0.0489 e. The summed E-state index contributed by atoms with van der Waals surface area (Å²) in [5, 5.41) is 1.30. The second-order valence-electron chi connectivity index (χ2n) is 4.65. The Morgan fingerprint density at radius 2 is 2.12 bits per heavy atom. The number of rotatable bonds is 4. The van der Waals surface area contributed by atoms with Crippen LogP contribution in [0.5, 0.6) is 0 Å². The fourth-order valence-corrected chi connectivity index (χ4v) is 2.43. The zero-order valence-corrected chi connectivity index (χ0v) is 10.8. The summed E-state index contributed by atoms with van der Waals surface area (Å²) >= 11 is 0. The Morgan fingerprint density at radius 3 is 2.71 bits per heavy atom. The number of aromatic nitrogens is 1. The number of likely N-dealkylation sites (N-methyl/N-ethyl adjacent to an activating group) is 1. The summed E-state index contributed by atoms with van der Waals surface area (Å²) in [6.45, 7) is 2.82. The predicted octanol–water partition coefficient (Wildman–Crippen LogP) is 2.29. The molecule has 0 amide bonds. The van der Waals surface area contributed by atoms with Gasteiger partial charge < -0.3 is 15.6 Å². The van der Waals surface area contributed by atoms with Crippen LogP contribution in [-0.2, 0) is 6.42 Å². The molecule has 3 heteroatoms. The van der Waals surface area contributed by atoms with E-state index in [9.17, 15) is 0 Å². The molecule has 2 aromatic rings. The number of para-hydroxylation sites is 1. The molecule has 1 unspecified atom stereocenters. The zero-order chi connectivity index (χ0) is 12.4. The maximum absolute atomic E-state index is 5.87. The third kappa shape index (κ3) is 2.08. The first-order valence-corrected chi connectivity index (χ1v) is 6.14. The minimum absolute atomic E-state index is 0.274. The van der Waals surface area contributed by atoms with E-state index >= 15 is 0 Å². The number of hydrogen-bond donors (Lipinski definition) is 2. The fraction of sp³-hybridized carbons (Fsp3) is 0.429. The number of aryl methyl sites for hydroxylation is 1. The molecule has 1 atom stereocenters. The first-order valence-electron chi connectivity index (χ1n) is 6.14. The Kier molecular flexibility index (Phi) is 3.50. The average molecular weight is 231 g/mol. The highest BCUT2D eigenvalue weighted by molar-refractivity contribution is 5.86. The van der Waals surface area contributed by atoms with Crippen molar-refractivity contribution >= 4 is 10.9 Å². The van der Waals surface area contributed by atoms with Crippen LogP contribution < -0.4 is 5.73 Å². The summed E-state index contributed by atoms with van der Waals surface area (Å²) in [6, 6.07) is 6.75. The van der Waals surface area contributed by atoms with Crippen molar-refractivity contribution in [2.24, 2.45) is 5.73 Å². The molecule has 1 aromatic heterocycles. The lowest BCUT2D eigenvalue weighted by atomic mass is 10.0. The molecule has 3 N–H and O–H groups in total. The van der Waals surface area contributed by atoms with Crippen LogP contribution in [0.4, 0.5) is 0 Å². The van der Waals surface area contributed by atoms with Crippen molar-refractivity contribution in [3.63, 3.8) is 0 Å². The lowest BCUT2D eigenvalue weighted by molar-refractivity contribution is 0.308. The van der Waals surface area contributed by atoms with Crippen molar-refractivity contribution in [2.45, 2.75) is 19.4 Å². The van der Waals surface area contributed by atoms with Gasteiger partial charge in [0.25, 0.3) is 0 Å². The summed E-state index contributed by atoms with van der Waals surface area (Å²) in [6.07, 6.45) is 3.15. The maximum atomic E-state index is 5.87. The van der Waals surface area contributed by atoms with Gasteiger partial charge in [-0.25, -0.2) is 0 Å². The quantitative estimate of drug-likeness (QED) is 0.848. The molecule has 0 aliphatic carbocycles. The minimum atomic E-state index is 0.274. The molecule has 2 rings (SSSR count). The minimum Gasteiger partial charge on any atom is -0.361 e. The van der Waals surface area contributed by atoms with Crippen molar-refractivity contribution < 1.29 is 0 Å². The van der Waals surface area contributed by atoms with Crippen molar-refractivity contribution in [3.05, 3.63) is 35.5 Å². The van der Waals surface area contributed by atoms with Crippen LogP contribution in [0.2, 0.25) is 0 Å². The van der Waals surface area contributed by atoms with Gasteiger partial charge in [-0.15, -0.1) is 0 Å². The standard InChI is InChI=1S/C14H21N3/c1-4-10-6-5-7-11-12(9-16-14(10)11)13(8-15)17(2)3/h5-7,9,13,16H,4,8,15H2,1-3H3. The van der Waals surface area contributed by atoms with Gasteiger partial charge in [-0.3, -0.25) is 0 Å². The van der Waals surface area contributed by atoms with E-state index in [1.165, 1.54) is 22.0 Å². The summed E-state index contributed by atoms with van der Waals surface area (Å²) in [5.74, 6) is 0. The first kappa shape index (κ1) is 12.1. The van der Waals surface area contributed by atoms with E-state index in [4.69, 9.17) is 5.73 Å². The van der Waals surface area contributed by atoms with E-state index in [0.29, 0.717) is 6.54 Å². The number of H-pyrrole nitrogens is 1. The molecule has 0 radical (unpaired) electrons. The van der Waals surface area contributed by atoms with Crippen LogP contribution in [0.15, 0.2) is 24.4 Å². The van der Waals surface area contributed by atoms with Gasteiger partial charge in [0.05, 0.1) is 0 Å². The van der Waals surface area contributed by atoms with Gasteiger partial charge in [0.2, 0.25) is 0 Å². The number of hydrogen-bond acceptors (Lipinski definition) is 2. The van der Waals surface area contributed by atoms with E-state index < -0.39 is 0 Å². The third-order valence-corrected chi connectivity index (χ3v) is 3.42. The topological polar surface area (TPSA) is 45.0 Å². The lowest BCUT2D eigenvalue weighted by Gasteiger charge is -2.22. The van der Waals surface area contributed by atoms with Gasteiger partial charge in [-0.2, -0.15) is 0 Å². The Balaban J connectivity index is 2.56. The molecule has 1 heterocycles. The molecule has 0 aliphatic rings. The van der Waals surface area contributed by atoms with E-state index in [2.05, 4.69) is 55.3 Å². The Morgan fingerprint density at radius 1 is 1.35 bits per heavy atom. The van der Waals surface area contributed by atoms with Crippen LogP contribution in [0, 0.1) is 0 Å². The first-order chi connectivity index (χ1) is 8.19. The number of fused-ring (bicyclic) bond motifs is 1. The number of aromatic amines is 1. The largest absolute Gasteiger partial charge is 0.361 e. The molecule has 1 aromatic carbocycles. The summed E-state index contributed by atoms with van der Waals surface area (Å²) in [5.41, 5.74) is 9.78. The van der Waals surface area contributed by atoms with Gasteiger partial charge in [0, 0.05) is 29.7 Å². The Labute approximate surface area is 103 Å². The monoisotopic (exact) mass is 231 g/mol. The maximum Gasteiger partial charge on any atom is 0.0489 e. The average Bonchev–Trinajstić information content (AvgIpc) is 2.73. The highest BCUT2D eigenvalue weighted by Gasteiger charge is 2.16. The molecule has 0 spiro atoms. The van der Waals surface area contributed by atoms with Crippen LogP contribution in [0.25, 0.3) is 10.9 Å².